The third kappa shape index (κ3) is 4.32. The summed E-state index contributed by atoms with van der Waals surface area (Å²) < 4.78 is 40.3. The topological polar surface area (TPSA) is 119 Å². The maximum atomic E-state index is 12.1. The molecule has 0 aliphatic rings. The summed E-state index contributed by atoms with van der Waals surface area (Å²) in [5.41, 5.74) is 0. The van der Waals surface area contributed by atoms with Gasteiger partial charge in [0.15, 0.2) is 5.76 Å². The van der Waals surface area contributed by atoms with E-state index in [1.807, 2.05) is 0 Å². The van der Waals surface area contributed by atoms with Gasteiger partial charge in [0.1, 0.15) is 17.2 Å². The average molecular weight is 424 g/mol. The fraction of sp³-hybridized carbons (Fsp3) is 0.176. The van der Waals surface area contributed by atoms with Crippen molar-refractivity contribution in [2.45, 2.75) is 11.7 Å². The van der Waals surface area contributed by atoms with E-state index in [0.717, 1.165) is 15.6 Å². The second-order valence-electron chi connectivity index (χ2n) is 5.68. The van der Waals surface area contributed by atoms with Crippen molar-refractivity contribution in [3.63, 3.8) is 0 Å². The molecule has 28 heavy (non-hydrogen) atoms. The highest BCUT2D eigenvalue weighted by Crippen LogP contribution is 2.24. The number of furan rings is 2. The predicted octanol–water partition coefficient (Wildman–Crippen LogP) is 2.79. The van der Waals surface area contributed by atoms with E-state index in [0.29, 0.717) is 5.00 Å². The van der Waals surface area contributed by atoms with Gasteiger partial charge in [0.05, 0.1) is 11.3 Å². The summed E-state index contributed by atoms with van der Waals surface area (Å²) in [6.07, 6.45) is 1.38. The lowest BCUT2D eigenvalue weighted by Gasteiger charge is -2.07. The molecule has 11 heteroatoms. The van der Waals surface area contributed by atoms with Crippen molar-refractivity contribution in [2.24, 2.45) is 0 Å². The van der Waals surface area contributed by atoms with Gasteiger partial charge in [-0.25, -0.2) is 17.5 Å². The molecule has 0 saturated carbocycles. The van der Waals surface area contributed by atoms with Crippen LogP contribution in [0.25, 0.3) is 0 Å². The van der Waals surface area contributed by atoms with Crippen LogP contribution >= 0.6 is 11.3 Å². The Hall–Kier alpha value is -2.89. The van der Waals surface area contributed by atoms with Crippen molar-refractivity contribution >= 4 is 38.2 Å². The number of carbonyl (C=O) groups is 2. The smallest absolute Gasteiger partial charge is 0.348 e. The van der Waals surface area contributed by atoms with Crippen molar-refractivity contribution in [2.75, 3.05) is 19.4 Å². The standard InChI is InChI=1S/C17H16N2O7S2/c1-19(2)28(22,23)15-8-5-11(26-15)10-25-17(21)13-6-7-14(27-13)18-16(20)12-4-3-9-24-12/h3-9H,10H2,1-2H3,(H,18,20). The average Bonchev–Trinajstić information content (AvgIpc) is 3.39. The number of thiophene rings is 1. The maximum absolute atomic E-state index is 12.1. The molecule has 0 atom stereocenters. The fourth-order valence-corrected chi connectivity index (χ4v) is 3.67. The first-order valence-electron chi connectivity index (χ1n) is 7.90. The number of esters is 1. The zero-order chi connectivity index (χ0) is 20.3. The summed E-state index contributed by atoms with van der Waals surface area (Å²) in [5.74, 6) is -0.718. The summed E-state index contributed by atoms with van der Waals surface area (Å²) in [6.45, 7) is -0.228. The molecule has 0 aromatic carbocycles. The monoisotopic (exact) mass is 424 g/mol. The number of carbonyl (C=O) groups excluding carboxylic acids is 2. The summed E-state index contributed by atoms with van der Waals surface area (Å²) in [4.78, 5) is 24.3. The van der Waals surface area contributed by atoms with Gasteiger partial charge in [-0.2, -0.15) is 0 Å². The van der Waals surface area contributed by atoms with Gasteiger partial charge < -0.3 is 18.9 Å². The van der Waals surface area contributed by atoms with Crippen molar-refractivity contribution in [1.82, 2.24) is 4.31 Å². The molecule has 3 rings (SSSR count). The number of ether oxygens (including phenoxy) is 1. The minimum absolute atomic E-state index is 0.152. The molecule has 0 aliphatic heterocycles. The summed E-state index contributed by atoms with van der Waals surface area (Å²) in [5, 5.41) is 2.83. The van der Waals surface area contributed by atoms with E-state index in [2.05, 4.69) is 5.32 Å². The largest absolute Gasteiger partial charge is 0.459 e. The van der Waals surface area contributed by atoms with E-state index < -0.39 is 21.9 Å². The Morgan fingerprint density at radius 3 is 2.64 bits per heavy atom. The lowest BCUT2D eigenvalue weighted by Crippen LogP contribution is -2.21. The Morgan fingerprint density at radius 1 is 1.18 bits per heavy atom. The zero-order valence-corrected chi connectivity index (χ0v) is 16.5. The lowest BCUT2D eigenvalue weighted by atomic mass is 10.4. The predicted molar refractivity (Wildman–Crippen MR) is 99.7 cm³/mol. The van der Waals surface area contributed by atoms with Gasteiger partial charge in [0.25, 0.3) is 15.9 Å². The Morgan fingerprint density at radius 2 is 1.96 bits per heavy atom. The molecule has 3 aromatic rings. The number of hydrogen-bond acceptors (Lipinski definition) is 8. The van der Waals surface area contributed by atoms with E-state index in [1.54, 1.807) is 12.1 Å². The number of nitrogens with one attached hydrogen (secondary N) is 1. The lowest BCUT2D eigenvalue weighted by molar-refractivity contribution is 0.0446. The van der Waals surface area contributed by atoms with Crippen LogP contribution in [0.15, 0.2) is 56.6 Å². The van der Waals surface area contributed by atoms with E-state index >= 15 is 0 Å². The molecule has 0 radical (unpaired) electrons. The number of nitrogens with zero attached hydrogens (tertiary/aromatic N) is 1. The fourth-order valence-electron chi connectivity index (χ4n) is 2.06. The molecule has 0 saturated heterocycles. The van der Waals surface area contributed by atoms with Crippen LogP contribution in [-0.2, 0) is 21.4 Å². The number of rotatable bonds is 7. The van der Waals surface area contributed by atoms with Crippen LogP contribution in [0.2, 0.25) is 0 Å². The molecule has 148 valence electrons. The number of anilines is 1. The van der Waals surface area contributed by atoms with Gasteiger partial charge in [-0.1, -0.05) is 0 Å². The van der Waals surface area contributed by atoms with Crippen LogP contribution in [0.4, 0.5) is 5.00 Å². The van der Waals surface area contributed by atoms with Gasteiger partial charge in [-0.3, -0.25) is 4.79 Å². The highest BCUT2D eigenvalue weighted by Gasteiger charge is 2.22. The van der Waals surface area contributed by atoms with E-state index in [9.17, 15) is 18.0 Å². The molecule has 0 aliphatic carbocycles. The Kier molecular flexibility index (Phi) is 5.68. The van der Waals surface area contributed by atoms with Crippen LogP contribution < -0.4 is 5.32 Å². The minimum atomic E-state index is -3.69. The van der Waals surface area contributed by atoms with Crippen LogP contribution in [0.1, 0.15) is 26.0 Å². The van der Waals surface area contributed by atoms with Crippen LogP contribution in [0.3, 0.4) is 0 Å². The molecule has 0 spiro atoms. The molecule has 0 fully saturated rings. The summed E-state index contributed by atoms with van der Waals surface area (Å²) in [7, 11) is -0.922. The number of amides is 1. The van der Waals surface area contributed by atoms with Crippen LogP contribution in [0, 0.1) is 0 Å². The second-order valence-corrected chi connectivity index (χ2v) is 8.85. The van der Waals surface area contributed by atoms with Crippen molar-refractivity contribution in [3.05, 3.63) is 59.1 Å². The third-order valence-electron chi connectivity index (χ3n) is 3.51. The second kappa shape index (κ2) is 8.00. The highest BCUT2D eigenvalue weighted by atomic mass is 32.2. The molecule has 0 bridgehead atoms. The molecule has 1 N–H and O–H groups in total. The first kappa shape index (κ1) is 19.9. The normalized spacial score (nSPS) is 11.5. The van der Waals surface area contributed by atoms with Gasteiger partial charge >= 0.3 is 5.97 Å². The van der Waals surface area contributed by atoms with Gasteiger partial charge in [0, 0.05) is 14.1 Å². The molecular weight excluding hydrogens is 408 g/mol. The molecule has 1 amide bonds. The molecule has 3 heterocycles. The number of sulfonamides is 1. The Bertz CT molecular complexity index is 1080. The van der Waals surface area contributed by atoms with Crippen LogP contribution in [0.5, 0.6) is 0 Å². The first-order chi connectivity index (χ1) is 13.3. The SMILES string of the molecule is CN(C)S(=O)(=O)c1ccc(COC(=O)c2ccc(NC(=O)c3ccco3)s2)o1. The van der Waals surface area contributed by atoms with Crippen molar-refractivity contribution in [3.8, 4) is 0 Å². The number of hydrogen-bond donors (Lipinski definition) is 1. The zero-order valence-electron chi connectivity index (χ0n) is 14.9. The van der Waals surface area contributed by atoms with Gasteiger partial charge in [-0.05, 0) is 36.4 Å². The van der Waals surface area contributed by atoms with Crippen LogP contribution in [-0.4, -0.2) is 38.7 Å². The summed E-state index contributed by atoms with van der Waals surface area (Å²) >= 11 is 1.03. The quantitative estimate of drug-likeness (QED) is 0.579. The molecule has 3 aromatic heterocycles. The first-order valence-corrected chi connectivity index (χ1v) is 10.2. The van der Waals surface area contributed by atoms with Crippen molar-refractivity contribution < 1.29 is 31.6 Å². The van der Waals surface area contributed by atoms with Gasteiger partial charge in [0.2, 0.25) is 5.09 Å². The molecular formula is C17H16N2O7S2. The minimum Gasteiger partial charge on any atom is -0.459 e. The summed E-state index contributed by atoms with van der Waals surface area (Å²) in [6, 6.07) is 8.91. The Labute approximate surface area is 164 Å². The highest BCUT2D eigenvalue weighted by molar-refractivity contribution is 7.88. The maximum Gasteiger partial charge on any atom is 0.348 e. The van der Waals surface area contributed by atoms with Gasteiger partial charge in [-0.15, -0.1) is 11.3 Å². The van der Waals surface area contributed by atoms with E-state index in [1.165, 1.54) is 44.6 Å². The van der Waals surface area contributed by atoms with E-state index in [-0.39, 0.29) is 28.1 Å². The van der Waals surface area contributed by atoms with Crippen molar-refractivity contribution in [1.29, 1.82) is 0 Å². The molecule has 9 nitrogen and oxygen atoms in total. The van der Waals surface area contributed by atoms with E-state index in [4.69, 9.17) is 13.6 Å². The third-order valence-corrected chi connectivity index (χ3v) is 6.18. The Balaban J connectivity index is 1.58. The molecule has 0 unspecified atom stereocenters.